The summed E-state index contributed by atoms with van der Waals surface area (Å²) < 4.78 is 12.6. The fraction of sp³-hybridized carbons (Fsp3) is 0.300. The van der Waals surface area contributed by atoms with Gasteiger partial charge in [0.25, 0.3) is 0 Å². The molecule has 3 rings (SSSR count). The normalized spacial score (nSPS) is 10.9. The van der Waals surface area contributed by atoms with Crippen LogP contribution in [0, 0.1) is 0 Å². The van der Waals surface area contributed by atoms with Crippen molar-refractivity contribution < 1.29 is 14.3 Å². The quantitative estimate of drug-likeness (QED) is 0.529. The summed E-state index contributed by atoms with van der Waals surface area (Å²) in [5.74, 6) is 1.30. The highest BCUT2D eigenvalue weighted by atomic mass is 35.5. The second kappa shape index (κ2) is 9.21. The standard InChI is InChI=1S/C20H22ClN3O3S/c1-4-9-24-16-7-5-13(21)10-15(16)23-20(24)28-12-19(25)22-14-6-8-17(26-2)18(11-14)27-3/h5-8,10-11H,4,9,12H2,1-3H3,(H,22,25). The number of hydrogen-bond acceptors (Lipinski definition) is 5. The van der Waals surface area contributed by atoms with Crippen molar-refractivity contribution in [3.8, 4) is 11.5 Å². The fourth-order valence-electron chi connectivity index (χ4n) is 2.87. The Labute approximate surface area is 173 Å². The van der Waals surface area contributed by atoms with Crippen LogP contribution in [0.15, 0.2) is 41.6 Å². The van der Waals surface area contributed by atoms with Gasteiger partial charge in [-0.05, 0) is 36.8 Å². The number of carbonyl (C=O) groups is 1. The first-order valence-corrected chi connectivity index (χ1v) is 10.2. The van der Waals surface area contributed by atoms with Gasteiger partial charge in [-0.25, -0.2) is 4.98 Å². The lowest BCUT2D eigenvalue weighted by Crippen LogP contribution is -2.14. The van der Waals surface area contributed by atoms with Crippen molar-refractivity contribution in [2.75, 3.05) is 25.3 Å². The summed E-state index contributed by atoms with van der Waals surface area (Å²) >= 11 is 7.49. The van der Waals surface area contributed by atoms with Gasteiger partial charge >= 0.3 is 0 Å². The molecule has 1 aromatic heterocycles. The largest absolute Gasteiger partial charge is 0.493 e. The molecule has 0 radical (unpaired) electrons. The van der Waals surface area contributed by atoms with E-state index in [4.69, 9.17) is 21.1 Å². The first-order valence-electron chi connectivity index (χ1n) is 8.86. The van der Waals surface area contributed by atoms with Crippen molar-refractivity contribution >= 4 is 46.0 Å². The number of nitrogens with zero attached hydrogens (tertiary/aromatic N) is 2. The number of anilines is 1. The molecule has 0 aliphatic rings. The van der Waals surface area contributed by atoms with E-state index < -0.39 is 0 Å². The number of aromatic nitrogens is 2. The number of thioether (sulfide) groups is 1. The topological polar surface area (TPSA) is 65.4 Å². The lowest BCUT2D eigenvalue weighted by molar-refractivity contribution is -0.113. The maximum Gasteiger partial charge on any atom is 0.234 e. The first-order chi connectivity index (χ1) is 13.5. The van der Waals surface area contributed by atoms with Gasteiger partial charge in [0.15, 0.2) is 16.7 Å². The Morgan fingerprint density at radius 3 is 2.68 bits per heavy atom. The summed E-state index contributed by atoms with van der Waals surface area (Å²) in [4.78, 5) is 17.1. The van der Waals surface area contributed by atoms with Crippen LogP contribution in [-0.2, 0) is 11.3 Å². The molecular formula is C20H22ClN3O3S. The van der Waals surface area contributed by atoms with Gasteiger partial charge in [-0.15, -0.1) is 0 Å². The average Bonchev–Trinajstić information content (AvgIpc) is 3.03. The van der Waals surface area contributed by atoms with Crippen LogP contribution in [-0.4, -0.2) is 35.4 Å². The Balaban J connectivity index is 1.71. The van der Waals surface area contributed by atoms with Crippen LogP contribution in [0.2, 0.25) is 5.02 Å². The zero-order valence-corrected chi connectivity index (χ0v) is 17.6. The molecule has 0 saturated carbocycles. The molecular weight excluding hydrogens is 398 g/mol. The number of fused-ring (bicyclic) bond motifs is 1. The van der Waals surface area contributed by atoms with Crippen LogP contribution in [0.25, 0.3) is 11.0 Å². The average molecular weight is 420 g/mol. The van der Waals surface area contributed by atoms with E-state index in [-0.39, 0.29) is 11.7 Å². The zero-order valence-electron chi connectivity index (χ0n) is 16.0. The van der Waals surface area contributed by atoms with Gasteiger partial charge in [0.1, 0.15) is 0 Å². The third-order valence-electron chi connectivity index (χ3n) is 4.12. The molecule has 0 unspecified atom stereocenters. The molecule has 0 aliphatic heterocycles. The van der Waals surface area contributed by atoms with E-state index in [9.17, 15) is 4.79 Å². The molecule has 1 N–H and O–H groups in total. The number of imidazole rings is 1. The fourth-order valence-corrected chi connectivity index (χ4v) is 3.88. The second-order valence-corrected chi connectivity index (χ2v) is 7.46. The van der Waals surface area contributed by atoms with Gasteiger partial charge in [-0.2, -0.15) is 0 Å². The van der Waals surface area contributed by atoms with Crippen molar-refractivity contribution in [2.45, 2.75) is 25.0 Å². The molecule has 0 fully saturated rings. The van der Waals surface area contributed by atoms with Gasteiger partial charge in [-0.1, -0.05) is 30.3 Å². The monoisotopic (exact) mass is 419 g/mol. The van der Waals surface area contributed by atoms with Crippen molar-refractivity contribution in [2.24, 2.45) is 0 Å². The maximum atomic E-state index is 12.4. The number of nitrogens with one attached hydrogen (secondary N) is 1. The van der Waals surface area contributed by atoms with Gasteiger partial charge < -0.3 is 19.4 Å². The minimum atomic E-state index is -0.120. The molecule has 6 nitrogen and oxygen atoms in total. The lowest BCUT2D eigenvalue weighted by Gasteiger charge is -2.11. The number of carbonyl (C=O) groups excluding carboxylic acids is 1. The van der Waals surface area contributed by atoms with Crippen LogP contribution in [0.4, 0.5) is 5.69 Å². The minimum absolute atomic E-state index is 0.120. The summed E-state index contributed by atoms with van der Waals surface area (Å²) in [7, 11) is 3.13. The van der Waals surface area contributed by atoms with E-state index in [1.807, 2.05) is 18.2 Å². The van der Waals surface area contributed by atoms with Gasteiger partial charge in [0.2, 0.25) is 5.91 Å². The predicted octanol–water partition coefficient (Wildman–Crippen LogP) is 4.85. The smallest absolute Gasteiger partial charge is 0.234 e. The Kier molecular flexibility index (Phi) is 6.70. The molecule has 8 heteroatoms. The molecule has 28 heavy (non-hydrogen) atoms. The lowest BCUT2D eigenvalue weighted by atomic mass is 10.2. The molecule has 2 aromatic carbocycles. The molecule has 1 amide bonds. The van der Waals surface area contributed by atoms with E-state index in [0.29, 0.717) is 22.2 Å². The number of benzene rings is 2. The van der Waals surface area contributed by atoms with Crippen LogP contribution >= 0.6 is 23.4 Å². The summed E-state index contributed by atoms with van der Waals surface area (Å²) in [6.45, 7) is 2.94. The SMILES string of the molecule is CCCn1c(SCC(=O)Nc2ccc(OC)c(OC)c2)nc2cc(Cl)ccc21. The number of halogens is 1. The Hall–Kier alpha value is -2.38. The molecule has 0 spiro atoms. The molecule has 0 aliphatic carbocycles. The van der Waals surface area contributed by atoms with E-state index in [1.54, 1.807) is 32.4 Å². The van der Waals surface area contributed by atoms with Gasteiger partial charge in [-0.3, -0.25) is 4.79 Å². The van der Waals surface area contributed by atoms with Crippen LogP contribution in [0.3, 0.4) is 0 Å². The van der Waals surface area contributed by atoms with Crippen LogP contribution in [0.5, 0.6) is 11.5 Å². The first kappa shape index (κ1) is 20.4. The number of aryl methyl sites for hydroxylation is 1. The predicted molar refractivity (Wildman–Crippen MR) is 114 cm³/mol. The number of hydrogen-bond donors (Lipinski definition) is 1. The molecule has 3 aromatic rings. The highest BCUT2D eigenvalue weighted by molar-refractivity contribution is 7.99. The third-order valence-corrected chi connectivity index (χ3v) is 5.33. The molecule has 0 atom stereocenters. The van der Waals surface area contributed by atoms with Crippen LogP contribution < -0.4 is 14.8 Å². The van der Waals surface area contributed by atoms with Crippen molar-refractivity contribution in [1.29, 1.82) is 0 Å². The third kappa shape index (κ3) is 4.54. The van der Waals surface area contributed by atoms with Gasteiger partial charge in [0, 0.05) is 23.3 Å². The second-order valence-electron chi connectivity index (χ2n) is 6.09. The Morgan fingerprint density at radius 2 is 1.96 bits per heavy atom. The molecule has 1 heterocycles. The maximum absolute atomic E-state index is 12.4. The number of methoxy groups -OCH3 is 2. The van der Waals surface area contributed by atoms with Crippen molar-refractivity contribution in [3.05, 3.63) is 41.4 Å². The Bertz CT molecular complexity index is 990. The highest BCUT2D eigenvalue weighted by Crippen LogP contribution is 2.30. The van der Waals surface area contributed by atoms with E-state index >= 15 is 0 Å². The summed E-state index contributed by atoms with van der Waals surface area (Å²) in [6.07, 6.45) is 0.972. The zero-order chi connectivity index (χ0) is 20.1. The summed E-state index contributed by atoms with van der Waals surface area (Å²) in [5.41, 5.74) is 2.51. The molecule has 148 valence electrons. The number of ether oxygens (including phenoxy) is 2. The number of amides is 1. The van der Waals surface area contributed by atoms with E-state index in [0.717, 1.165) is 29.2 Å². The minimum Gasteiger partial charge on any atom is -0.493 e. The van der Waals surface area contributed by atoms with Crippen molar-refractivity contribution in [1.82, 2.24) is 9.55 Å². The molecule has 0 saturated heterocycles. The highest BCUT2D eigenvalue weighted by Gasteiger charge is 2.14. The number of rotatable bonds is 8. The summed E-state index contributed by atoms with van der Waals surface area (Å²) in [6, 6.07) is 10.9. The van der Waals surface area contributed by atoms with Crippen LogP contribution in [0.1, 0.15) is 13.3 Å². The van der Waals surface area contributed by atoms with E-state index in [1.165, 1.54) is 11.8 Å². The Morgan fingerprint density at radius 1 is 1.18 bits per heavy atom. The van der Waals surface area contributed by atoms with E-state index in [2.05, 4.69) is 21.8 Å². The summed E-state index contributed by atoms with van der Waals surface area (Å²) in [5, 5.41) is 4.34. The van der Waals surface area contributed by atoms with Gasteiger partial charge in [0.05, 0.1) is 31.0 Å². The molecule has 0 bridgehead atoms. The van der Waals surface area contributed by atoms with Crippen molar-refractivity contribution in [3.63, 3.8) is 0 Å².